The van der Waals surface area contributed by atoms with E-state index in [1.165, 1.54) is 11.8 Å². The Morgan fingerprint density at radius 1 is 0.900 bits per heavy atom. The minimum Gasteiger partial charge on any atom is -0.261 e. The van der Waals surface area contributed by atoms with E-state index < -0.39 is 0 Å². The van der Waals surface area contributed by atoms with Crippen molar-refractivity contribution in [1.29, 1.82) is 0 Å². The van der Waals surface area contributed by atoms with Crippen LogP contribution in [0.15, 0.2) is 71.1 Å². The van der Waals surface area contributed by atoms with E-state index in [-0.39, 0.29) is 0 Å². The van der Waals surface area contributed by atoms with Gasteiger partial charge in [-0.3, -0.25) is 9.97 Å². The van der Waals surface area contributed by atoms with Gasteiger partial charge < -0.3 is 0 Å². The van der Waals surface area contributed by atoms with Gasteiger partial charge in [-0.2, -0.15) is 0 Å². The molecule has 0 aliphatic rings. The Hall–Kier alpha value is -1.91. The van der Waals surface area contributed by atoms with E-state index >= 15 is 0 Å². The summed E-state index contributed by atoms with van der Waals surface area (Å²) in [7, 11) is 0. The van der Waals surface area contributed by atoms with Crippen LogP contribution in [0.5, 0.6) is 0 Å². The summed E-state index contributed by atoms with van der Waals surface area (Å²) in [6, 6.07) is 11.7. The van der Waals surface area contributed by atoms with Crippen molar-refractivity contribution in [3.63, 3.8) is 0 Å². The van der Waals surface area contributed by atoms with Crippen LogP contribution in [-0.2, 0) is 0 Å². The van der Waals surface area contributed by atoms with Gasteiger partial charge in [0.05, 0.1) is 16.9 Å². The standard InChI is InChI=1S/C15H10ClN3S/c16-15-11(12-10-17-8-9-18-12)4-3-5-13(15)20-14-6-1-2-7-19-14/h1-10H. The first kappa shape index (κ1) is 13.1. The molecule has 1 aromatic carbocycles. The summed E-state index contributed by atoms with van der Waals surface area (Å²) < 4.78 is 0. The molecular weight excluding hydrogens is 290 g/mol. The van der Waals surface area contributed by atoms with E-state index in [1.807, 2.05) is 36.4 Å². The molecule has 0 unspecified atom stereocenters. The molecule has 0 amide bonds. The number of benzene rings is 1. The molecule has 0 bridgehead atoms. The van der Waals surface area contributed by atoms with Crippen molar-refractivity contribution < 1.29 is 0 Å². The average Bonchev–Trinajstić information content (AvgIpc) is 2.51. The first-order chi connectivity index (χ1) is 9.84. The molecule has 20 heavy (non-hydrogen) atoms. The zero-order chi connectivity index (χ0) is 13.8. The molecule has 2 aromatic heterocycles. The Labute approximate surface area is 126 Å². The summed E-state index contributed by atoms with van der Waals surface area (Å²) in [6.07, 6.45) is 6.77. The maximum atomic E-state index is 6.48. The molecule has 2 heterocycles. The molecule has 3 rings (SSSR count). The van der Waals surface area contributed by atoms with Crippen LogP contribution in [0.25, 0.3) is 11.3 Å². The fraction of sp³-hybridized carbons (Fsp3) is 0. The van der Waals surface area contributed by atoms with E-state index in [1.54, 1.807) is 24.8 Å². The summed E-state index contributed by atoms with van der Waals surface area (Å²) in [4.78, 5) is 13.6. The largest absolute Gasteiger partial charge is 0.261 e. The second kappa shape index (κ2) is 6.03. The van der Waals surface area contributed by atoms with Crippen molar-refractivity contribution in [2.24, 2.45) is 0 Å². The molecule has 5 heteroatoms. The fourth-order valence-electron chi connectivity index (χ4n) is 1.75. The molecule has 3 aromatic rings. The molecule has 98 valence electrons. The molecule has 0 atom stereocenters. The Balaban J connectivity index is 1.98. The molecule has 0 aliphatic heterocycles. The highest BCUT2D eigenvalue weighted by Gasteiger charge is 2.10. The number of aromatic nitrogens is 3. The van der Waals surface area contributed by atoms with Gasteiger partial charge >= 0.3 is 0 Å². The topological polar surface area (TPSA) is 38.7 Å². The van der Waals surface area contributed by atoms with Gasteiger partial charge in [0.1, 0.15) is 5.03 Å². The van der Waals surface area contributed by atoms with Gasteiger partial charge in [-0.1, -0.05) is 41.6 Å². The molecule has 0 radical (unpaired) electrons. The van der Waals surface area contributed by atoms with E-state index in [0.717, 1.165) is 21.2 Å². The lowest BCUT2D eigenvalue weighted by Gasteiger charge is -2.08. The first-order valence-electron chi connectivity index (χ1n) is 5.98. The van der Waals surface area contributed by atoms with E-state index in [4.69, 9.17) is 11.6 Å². The van der Waals surface area contributed by atoms with Crippen LogP contribution in [0, 0.1) is 0 Å². The van der Waals surface area contributed by atoms with Gasteiger partial charge in [0.25, 0.3) is 0 Å². The number of hydrogen-bond acceptors (Lipinski definition) is 4. The van der Waals surface area contributed by atoms with Crippen LogP contribution in [0.1, 0.15) is 0 Å². The lowest BCUT2D eigenvalue weighted by Crippen LogP contribution is -1.87. The monoisotopic (exact) mass is 299 g/mol. The summed E-state index contributed by atoms with van der Waals surface area (Å²) >= 11 is 8.01. The molecule has 3 nitrogen and oxygen atoms in total. The molecule has 0 saturated heterocycles. The number of nitrogens with zero attached hydrogens (tertiary/aromatic N) is 3. The Kier molecular flexibility index (Phi) is 3.95. The van der Waals surface area contributed by atoms with Crippen LogP contribution in [0.4, 0.5) is 0 Å². The van der Waals surface area contributed by atoms with Crippen LogP contribution < -0.4 is 0 Å². The van der Waals surface area contributed by atoms with Crippen LogP contribution >= 0.6 is 23.4 Å². The van der Waals surface area contributed by atoms with Gasteiger partial charge in [-0.05, 0) is 18.2 Å². The fourth-order valence-corrected chi connectivity index (χ4v) is 2.92. The second-order valence-corrected chi connectivity index (χ2v) is 5.42. The Morgan fingerprint density at radius 2 is 1.85 bits per heavy atom. The summed E-state index contributed by atoms with van der Waals surface area (Å²) in [6.45, 7) is 0. The summed E-state index contributed by atoms with van der Waals surface area (Å²) in [5.74, 6) is 0. The average molecular weight is 300 g/mol. The highest BCUT2D eigenvalue weighted by Crippen LogP contribution is 2.37. The molecule has 0 N–H and O–H groups in total. The SMILES string of the molecule is Clc1c(Sc2ccccn2)cccc1-c1cnccn1. The summed E-state index contributed by atoms with van der Waals surface area (Å²) in [5, 5.41) is 1.58. The third kappa shape index (κ3) is 2.81. The molecule has 0 fully saturated rings. The normalized spacial score (nSPS) is 10.4. The first-order valence-corrected chi connectivity index (χ1v) is 7.18. The minimum atomic E-state index is 0.670. The third-order valence-corrected chi connectivity index (χ3v) is 4.18. The molecule has 0 saturated carbocycles. The number of pyridine rings is 1. The summed E-state index contributed by atoms with van der Waals surface area (Å²) in [5.41, 5.74) is 1.64. The molecular formula is C15H10ClN3S. The van der Waals surface area contributed by atoms with Gasteiger partial charge in [0.2, 0.25) is 0 Å². The van der Waals surface area contributed by atoms with Crippen molar-refractivity contribution >= 4 is 23.4 Å². The lowest BCUT2D eigenvalue weighted by atomic mass is 10.1. The quantitative estimate of drug-likeness (QED) is 0.721. The lowest BCUT2D eigenvalue weighted by molar-refractivity contribution is 1.13. The predicted molar refractivity (Wildman–Crippen MR) is 80.8 cm³/mol. The maximum absolute atomic E-state index is 6.48. The van der Waals surface area contributed by atoms with Crippen LogP contribution in [0.3, 0.4) is 0 Å². The number of rotatable bonds is 3. The van der Waals surface area contributed by atoms with Gasteiger partial charge in [0.15, 0.2) is 0 Å². The molecule has 0 spiro atoms. The van der Waals surface area contributed by atoms with Crippen LogP contribution in [0.2, 0.25) is 5.02 Å². The second-order valence-electron chi connectivity index (χ2n) is 3.98. The maximum Gasteiger partial charge on any atom is 0.101 e. The van der Waals surface area contributed by atoms with Crippen molar-refractivity contribution in [3.8, 4) is 11.3 Å². The Morgan fingerprint density at radius 3 is 2.60 bits per heavy atom. The smallest absolute Gasteiger partial charge is 0.101 e. The van der Waals surface area contributed by atoms with E-state index in [0.29, 0.717) is 5.02 Å². The van der Waals surface area contributed by atoms with Crippen molar-refractivity contribution in [2.75, 3.05) is 0 Å². The highest BCUT2D eigenvalue weighted by molar-refractivity contribution is 7.99. The predicted octanol–water partition coefficient (Wildman–Crippen LogP) is 4.34. The zero-order valence-corrected chi connectivity index (χ0v) is 12.0. The zero-order valence-electron chi connectivity index (χ0n) is 10.4. The van der Waals surface area contributed by atoms with Crippen molar-refractivity contribution in [2.45, 2.75) is 9.92 Å². The van der Waals surface area contributed by atoms with E-state index in [2.05, 4.69) is 15.0 Å². The number of halogens is 1. The third-order valence-electron chi connectivity index (χ3n) is 2.65. The van der Waals surface area contributed by atoms with Gasteiger partial charge in [0, 0.05) is 29.0 Å². The van der Waals surface area contributed by atoms with Gasteiger partial charge in [-0.25, -0.2) is 4.98 Å². The minimum absolute atomic E-state index is 0.670. The van der Waals surface area contributed by atoms with Crippen molar-refractivity contribution in [3.05, 3.63) is 66.2 Å². The van der Waals surface area contributed by atoms with Crippen molar-refractivity contribution in [1.82, 2.24) is 15.0 Å². The molecule has 0 aliphatic carbocycles. The highest BCUT2D eigenvalue weighted by atomic mass is 35.5. The number of hydrogen-bond donors (Lipinski definition) is 0. The van der Waals surface area contributed by atoms with E-state index in [9.17, 15) is 0 Å². The van der Waals surface area contributed by atoms with Crippen LogP contribution in [-0.4, -0.2) is 15.0 Å². The van der Waals surface area contributed by atoms with Gasteiger partial charge in [-0.15, -0.1) is 0 Å². The Bertz CT molecular complexity index is 705.